The van der Waals surface area contributed by atoms with Crippen LogP contribution < -0.4 is 5.73 Å². The Hall–Kier alpha value is -1.36. The Kier molecular flexibility index (Phi) is 3.09. The number of nitrogens with zero attached hydrogens (tertiary/aromatic N) is 3. The summed E-state index contributed by atoms with van der Waals surface area (Å²) < 4.78 is 1.68. The van der Waals surface area contributed by atoms with Crippen LogP contribution in [0.25, 0.3) is 0 Å². The lowest BCUT2D eigenvalue weighted by molar-refractivity contribution is 0.0772. The summed E-state index contributed by atoms with van der Waals surface area (Å²) >= 11 is 0. The van der Waals surface area contributed by atoms with Gasteiger partial charge in [0.25, 0.3) is 5.91 Å². The number of carbonyl (C=O) groups is 1. The number of carbonyl (C=O) groups excluding carboxylic acids is 1. The third-order valence-corrected chi connectivity index (χ3v) is 4.66. The number of nitrogens with two attached hydrogens (primary N) is 1. The van der Waals surface area contributed by atoms with E-state index < -0.39 is 0 Å². The molecule has 1 aromatic heterocycles. The fourth-order valence-corrected chi connectivity index (χ4v) is 3.66. The molecule has 5 heteroatoms. The molecule has 2 heterocycles. The Labute approximate surface area is 113 Å². The molecule has 0 radical (unpaired) electrons. The molecule has 3 atom stereocenters. The van der Waals surface area contributed by atoms with Gasteiger partial charge in [-0.1, -0.05) is 6.42 Å². The van der Waals surface area contributed by atoms with Crippen molar-refractivity contribution in [1.29, 1.82) is 0 Å². The van der Waals surface area contributed by atoms with Crippen molar-refractivity contribution in [2.24, 2.45) is 24.6 Å². The van der Waals surface area contributed by atoms with Crippen molar-refractivity contribution < 1.29 is 4.79 Å². The molecular weight excluding hydrogens is 240 g/mol. The SMILES string of the molecule is Cc1cc(C(=O)N2CC3CCCC(N)C3C2)n(C)n1. The highest BCUT2D eigenvalue weighted by molar-refractivity contribution is 5.92. The highest BCUT2D eigenvalue weighted by atomic mass is 16.2. The molecule has 5 nitrogen and oxygen atoms in total. The summed E-state index contributed by atoms with van der Waals surface area (Å²) in [6, 6.07) is 2.13. The Morgan fingerprint density at radius 1 is 1.42 bits per heavy atom. The van der Waals surface area contributed by atoms with Gasteiger partial charge in [0.05, 0.1) is 5.69 Å². The van der Waals surface area contributed by atoms with Gasteiger partial charge < -0.3 is 10.6 Å². The molecule has 1 saturated heterocycles. The van der Waals surface area contributed by atoms with Crippen LogP contribution in [0.2, 0.25) is 0 Å². The molecule has 0 bridgehead atoms. The minimum Gasteiger partial charge on any atom is -0.337 e. The Balaban J connectivity index is 1.77. The molecule has 19 heavy (non-hydrogen) atoms. The number of aryl methyl sites for hydroxylation is 2. The molecular formula is C14H22N4O. The Morgan fingerprint density at radius 3 is 2.84 bits per heavy atom. The largest absolute Gasteiger partial charge is 0.337 e. The van der Waals surface area contributed by atoms with Crippen LogP contribution in [0.3, 0.4) is 0 Å². The molecule has 104 valence electrons. The van der Waals surface area contributed by atoms with E-state index in [1.54, 1.807) is 4.68 Å². The summed E-state index contributed by atoms with van der Waals surface area (Å²) in [4.78, 5) is 14.5. The topological polar surface area (TPSA) is 64.2 Å². The van der Waals surface area contributed by atoms with Crippen LogP contribution in [-0.4, -0.2) is 39.7 Å². The van der Waals surface area contributed by atoms with Gasteiger partial charge in [0.1, 0.15) is 5.69 Å². The maximum Gasteiger partial charge on any atom is 0.272 e. The molecule has 1 amide bonds. The number of fused-ring (bicyclic) bond motifs is 1. The van der Waals surface area contributed by atoms with Crippen molar-refractivity contribution in [2.75, 3.05) is 13.1 Å². The molecule has 1 aliphatic heterocycles. The first kappa shape index (κ1) is 12.7. The number of amides is 1. The van der Waals surface area contributed by atoms with E-state index in [9.17, 15) is 4.79 Å². The van der Waals surface area contributed by atoms with Gasteiger partial charge >= 0.3 is 0 Å². The van der Waals surface area contributed by atoms with Gasteiger partial charge in [0.15, 0.2) is 0 Å². The maximum absolute atomic E-state index is 12.6. The lowest BCUT2D eigenvalue weighted by Gasteiger charge is -2.29. The fourth-order valence-electron chi connectivity index (χ4n) is 3.66. The highest BCUT2D eigenvalue weighted by Crippen LogP contribution is 2.36. The van der Waals surface area contributed by atoms with E-state index in [0.717, 1.165) is 25.2 Å². The van der Waals surface area contributed by atoms with E-state index >= 15 is 0 Å². The third kappa shape index (κ3) is 2.16. The van der Waals surface area contributed by atoms with Crippen LogP contribution in [0.1, 0.15) is 35.4 Å². The first-order chi connectivity index (χ1) is 9.06. The number of hydrogen-bond donors (Lipinski definition) is 1. The molecule has 3 rings (SSSR count). The molecule has 1 aliphatic carbocycles. The van der Waals surface area contributed by atoms with Gasteiger partial charge in [-0.25, -0.2) is 0 Å². The smallest absolute Gasteiger partial charge is 0.272 e. The lowest BCUT2D eigenvalue weighted by atomic mass is 9.78. The summed E-state index contributed by atoms with van der Waals surface area (Å²) in [7, 11) is 1.83. The normalized spacial score (nSPS) is 30.5. The van der Waals surface area contributed by atoms with Gasteiger partial charge in [0.2, 0.25) is 0 Å². The number of rotatable bonds is 1. The Morgan fingerprint density at radius 2 is 2.21 bits per heavy atom. The summed E-state index contributed by atoms with van der Waals surface area (Å²) in [5.74, 6) is 1.19. The fraction of sp³-hybridized carbons (Fsp3) is 0.714. The van der Waals surface area contributed by atoms with E-state index in [1.807, 2.05) is 24.9 Å². The molecule has 2 aliphatic rings. The van der Waals surface area contributed by atoms with Crippen molar-refractivity contribution >= 4 is 5.91 Å². The molecule has 2 fully saturated rings. The van der Waals surface area contributed by atoms with E-state index in [-0.39, 0.29) is 11.9 Å². The molecule has 2 N–H and O–H groups in total. The summed E-state index contributed by atoms with van der Waals surface area (Å²) in [6.07, 6.45) is 3.52. The molecule has 0 aromatic carbocycles. The van der Waals surface area contributed by atoms with Crippen molar-refractivity contribution in [3.8, 4) is 0 Å². The van der Waals surface area contributed by atoms with E-state index in [4.69, 9.17) is 5.73 Å². The molecule has 0 spiro atoms. The lowest BCUT2D eigenvalue weighted by Crippen LogP contribution is -2.38. The molecule has 3 unspecified atom stereocenters. The predicted octanol–water partition coefficient (Wildman–Crippen LogP) is 0.928. The second-order valence-corrected chi connectivity index (χ2v) is 6.02. The average molecular weight is 262 g/mol. The van der Waals surface area contributed by atoms with E-state index in [2.05, 4.69) is 5.10 Å². The first-order valence-electron chi connectivity index (χ1n) is 7.11. The summed E-state index contributed by atoms with van der Waals surface area (Å²) in [6.45, 7) is 3.59. The second-order valence-electron chi connectivity index (χ2n) is 6.02. The van der Waals surface area contributed by atoms with Gasteiger partial charge in [-0.3, -0.25) is 9.48 Å². The van der Waals surface area contributed by atoms with E-state index in [0.29, 0.717) is 17.5 Å². The first-order valence-corrected chi connectivity index (χ1v) is 7.11. The van der Waals surface area contributed by atoms with Crippen molar-refractivity contribution in [3.05, 3.63) is 17.5 Å². The van der Waals surface area contributed by atoms with Gasteiger partial charge in [-0.05, 0) is 37.7 Å². The number of aromatic nitrogens is 2. The second kappa shape index (κ2) is 4.63. The van der Waals surface area contributed by atoms with Gasteiger partial charge in [-0.2, -0.15) is 5.10 Å². The van der Waals surface area contributed by atoms with Crippen molar-refractivity contribution in [1.82, 2.24) is 14.7 Å². The summed E-state index contributed by atoms with van der Waals surface area (Å²) in [5, 5.41) is 4.25. The standard InChI is InChI=1S/C14H22N4O/c1-9-6-13(17(2)16-9)14(19)18-7-10-4-3-5-12(15)11(10)8-18/h6,10-12H,3-5,7-8,15H2,1-2H3. The van der Waals surface area contributed by atoms with Crippen LogP contribution in [0, 0.1) is 18.8 Å². The molecule has 1 aromatic rings. The molecule has 1 saturated carbocycles. The van der Waals surface area contributed by atoms with Crippen molar-refractivity contribution in [3.63, 3.8) is 0 Å². The predicted molar refractivity (Wildman–Crippen MR) is 72.7 cm³/mol. The minimum atomic E-state index is 0.102. The van der Waals surface area contributed by atoms with Crippen LogP contribution in [0.5, 0.6) is 0 Å². The van der Waals surface area contributed by atoms with Crippen LogP contribution in [-0.2, 0) is 7.05 Å². The average Bonchev–Trinajstić information content (AvgIpc) is 2.93. The Bertz CT molecular complexity index is 496. The quantitative estimate of drug-likeness (QED) is 0.819. The zero-order chi connectivity index (χ0) is 13.6. The summed E-state index contributed by atoms with van der Waals surface area (Å²) in [5.41, 5.74) is 7.77. The van der Waals surface area contributed by atoms with E-state index in [1.165, 1.54) is 12.8 Å². The number of likely N-dealkylation sites (tertiary alicyclic amines) is 1. The minimum absolute atomic E-state index is 0.102. The van der Waals surface area contributed by atoms with Crippen molar-refractivity contribution in [2.45, 2.75) is 32.2 Å². The van der Waals surface area contributed by atoms with Gasteiger partial charge in [-0.15, -0.1) is 0 Å². The zero-order valence-electron chi connectivity index (χ0n) is 11.7. The number of hydrogen-bond acceptors (Lipinski definition) is 3. The van der Waals surface area contributed by atoms with Crippen LogP contribution in [0.4, 0.5) is 0 Å². The van der Waals surface area contributed by atoms with Crippen LogP contribution >= 0.6 is 0 Å². The van der Waals surface area contributed by atoms with Crippen LogP contribution in [0.15, 0.2) is 6.07 Å². The maximum atomic E-state index is 12.6. The monoisotopic (exact) mass is 262 g/mol. The zero-order valence-corrected chi connectivity index (χ0v) is 11.7. The van der Waals surface area contributed by atoms with Gasteiger partial charge in [0, 0.05) is 26.2 Å². The highest BCUT2D eigenvalue weighted by Gasteiger charge is 2.40. The third-order valence-electron chi connectivity index (χ3n) is 4.66.